The molecule has 1 amide bonds. The van der Waals surface area contributed by atoms with Crippen molar-refractivity contribution in [3.05, 3.63) is 117 Å². The number of hydrogen-bond donors (Lipinski definition) is 3. The molecule has 0 saturated heterocycles. The number of rotatable bonds is 14. The largest absolute Gasteiger partial charge is 0.477 e. The molecule has 3 aromatic carbocycles. The maximum absolute atomic E-state index is 13.3. The van der Waals surface area contributed by atoms with Crippen LogP contribution in [-0.2, 0) is 22.4 Å². The fourth-order valence-electron chi connectivity index (χ4n) is 6.62. The number of carboxylic acids is 1. The molecule has 1 heterocycles. The molecule has 5 rings (SSSR count). The first-order valence-corrected chi connectivity index (χ1v) is 17.7. The Labute approximate surface area is 289 Å². The number of carbonyl (C=O) groups excluding carboxylic acids is 1. The van der Waals surface area contributed by atoms with Gasteiger partial charge in [0.25, 0.3) is 5.91 Å². The van der Waals surface area contributed by atoms with Crippen LogP contribution >= 0.6 is 11.6 Å². The molecule has 1 aliphatic heterocycles. The molecule has 0 saturated carbocycles. The third-order valence-electron chi connectivity index (χ3n) is 9.21. The quantitative estimate of drug-likeness (QED) is 0.0909. The van der Waals surface area contributed by atoms with Gasteiger partial charge in [0.05, 0.1) is 5.57 Å². The lowest BCUT2D eigenvalue weighted by Crippen LogP contribution is -2.27. The van der Waals surface area contributed by atoms with Crippen molar-refractivity contribution >= 4 is 52.3 Å². The van der Waals surface area contributed by atoms with Gasteiger partial charge in [0.2, 0.25) is 0 Å². The van der Waals surface area contributed by atoms with Crippen LogP contribution in [0.5, 0.6) is 0 Å². The van der Waals surface area contributed by atoms with Gasteiger partial charge in [0.15, 0.2) is 5.71 Å². The summed E-state index contributed by atoms with van der Waals surface area (Å²) < 4.78 is 0. The molecule has 48 heavy (non-hydrogen) atoms. The van der Waals surface area contributed by atoms with Gasteiger partial charge < -0.3 is 15.3 Å². The van der Waals surface area contributed by atoms with Gasteiger partial charge in [-0.1, -0.05) is 99.2 Å². The van der Waals surface area contributed by atoms with Crippen molar-refractivity contribution in [2.75, 3.05) is 16.8 Å². The van der Waals surface area contributed by atoms with Crippen LogP contribution in [0.1, 0.15) is 87.8 Å². The summed E-state index contributed by atoms with van der Waals surface area (Å²) in [4.78, 5) is 27.5. The maximum Gasteiger partial charge on any atom is 0.354 e. The van der Waals surface area contributed by atoms with Crippen molar-refractivity contribution in [1.29, 1.82) is 5.41 Å². The summed E-state index contributed by atoms with van der Waals surface area (Å²) >= 11 is 6.87. The monoisotopic (exact) mass is 663 g/mol. The maximum atomic E-state index is 13.3. The predicted octanol–water partition coefficient (Wildman–Crippen LogP) is 10.4. The van der Waals surface area contributed by atoms with Crippen LogP contribution in [0.3, 0.4) is 0 Å². The Morgan fingerprint density at radius 3 is 2.40 bits per heavy atom. The van der Waals surface area contributed by atoms with Crippen LogP contribution in [0.15, 0.2) is 101 Å². The summed E-state index contributed by atoms with van der Waals surface area (Å²) in [7, 11) is 0. The highest BCUT2D eigenvalue weighted by molar-refractivity contribution is 6.50. The van der Waals surface area contributed by atoms with Crippen LogP contribution in [-0.4, -0.2) is 29.2 Å². The van der Waals surface area contributed by atoms with Crippen molar-refractivity contribution in [1.82, 2.24) is 0 Å². The Morgan fingerprint density at radius 1 is 0.896 bits per heavy atom. The van der Waals surface area contributed by atoms with E-state index in [2.05, 4.69) is 59.6 Å². The van der Waals surface area contributed by atoms with E-state index in [1.165, 1.54) is 61.0 Å². The lowest BCUT2D eigenvalue weighted by molar-refractivity contribution is -0.129. The average Bonchev–Trinajstić information content (AvgIpc) is 3.10. The Balaban J connectivity index is 1.31. The summed E-state index contributed by atoms with van der Waals surface area (Å²) in [6.07, 6.45) is 16.9. The highest BCUT2D eigenvalue weighted by Crippen LogP contribution is 2.37. The number of nitrogens with zero attached hydrogens (tertiary/aromatic N) is 1. The average molecular weight is 664 g/mol. The SMILES string of the molecule is CCCCCCCCc1ccc(N2CCCc3cc(/C=C/C4=C(Cl)C(=C(/C(=N)C(=O)O)C(=O)Nc5ccccc5)/CCC4)ccc32)cc1. The third-order valence-corrected chi connectivity index (χ3v) is 9.68. The molecule has 0 aromatic heterocycles. The fourth-order valence-corrected chi connectivity index (χ4v) is 6.97. The molecule has 0 spiro atoms. The first-order valence-electron chi connectivity index (χ1n) is 17.3. The highest BCUT2D eigenvalue weighted by atomic mass is 35.5. The molecule has 3 aromatic rings. The van der Waals surface area contributed by atoms with E-state index in [9.17, 15) is 14.7 Å². The minimum absolute atomic E-state index is 0.203. The van der Waals surface area contributed by atoms with Gasteiger partial charge in [-0.3, -0.25) is 10.2 Å². The first kappa shape index (κ1) is 34.9. The Morgan fingerprint density at radius 2 is 1.65 bits per heavy atom. The number of allylic oxidation sites excluding steroid dienone is 4. The van der Waals surface area contributed by atoms with Crippen molar-refractivity contribution in [2.24, 2.45) is 0 Å². The zero-order chi connectivity index (χ0) is 33.9. The molecule has 0 fully saturated rings. The van der Waals surface area contributed by atoms with Crippen LogP contribution in [0.2, 0.25) is 0 Å². The van der Waals surface area contributed by atoms with Gasteiger partial charge in [0, 0.05) is 28.6 Å². The second kappa shape index (κ2) is 17.1. The van der Waals surface area contributed by atoms with Crippen molar-refractivity contribution in [2.45, 2.75) is 84.0 Å². The van der Waals surface area contributed by atoms with Gasteiger partial charge in [-0.15, -0.1) is 0 Å². The number of nitrogens with one attached hydrogen (secondary N) is 2. The minimum Gasteiger partial charge on any atom is -0.477 e. The molecule has 250 valence electrons. The number of halogens is 1. The topological polar surface area (TPSA) is 93.5 Å². The fraction of sp³-hybridized carbons (Fsp3) is 0.341. The van der Waals surface area contributed by atoms with E-state index in [4.69, 9.17) is 17.0 Å². The van der Waals surface area contributed by atoms with Crippen molar-refractivity contribution < 1.29 is 14.7 Å². The van der Waals surface area contributed by atoms with Gasteiger partial charge in [-0.25, -0.2) is 4.79 Å². The number of unbranched alkanes of at least 4 members (excludes halogenated alkanes) is 5. The summed E-state index contributed by atoms with van der Waals surface area (Å²) in [6, 6.07) is 24.4. The summed E-state index contributed by atoms with van der Waals surface area (Å²) in [5.41, 5.74) is 6.98. The van der Waals surface area contributed by atoms with Crippen LogP contribution in [0.4, 0.5) is 17.1 Å². The Bertz CT molecular complexity index is 1710. The number of carbonyl (C=O) groups is 2. The summed E-state index contributed by atoms with van der Waals surface area (Å²) in [5, 5.41) is 20.9. The number of para-hydroxylation sites is 1. The molecule has 0 bridgehead atoms. The number of hydrogen-bond acceptors (Lipinski definition) is 4. The summed E-state index contributed by atoms with van der Waals surface area (Å²) in [5.74, 6) is -2.13. The number of amides is 1. The molecule has 0 atom stereocenters. The van der Waals surface area contributed by atoms with E-state index in [0.29, 0.717) is 35.6 Å². The molecule has 0 radical (unpaired) electrons. The number of aliphatic carboxylic acids is 1. The molecular formula is C41H46ClN3O3. The van der Waals surface area contributed by atoms with E-state index in [0.717, 1.165) is 36.9 Å². The van der Waals surface area contributed by atoms with E-state index in [1.54, 1.807) is 24.3 Å². The van der Waals surface area contributed by atoms with E-state index in [1.807, 2.05) is 18.2 Å². The Kier molecular flexibility index (Phi) is 12.4. The lowest BCUT2D eigenvalue weighted by Gasteiger charge is -2.31. The molecular weight excluding hydrogens is 618 g/mol. The highest BCUT2D eigenvalue weighted by Gasteiger charge is 2.28. The molecule has 2 aliphatic rings. The van der Waals surface area contributed by atoms with Crippen LogP contribution in [0.25, 0.3) is 6.08 Å². The van der Waals surface area contributed by atoms with E-state index < -0.39 is 17.6 Å². The first-order chi connectivity index (χ1) is 23.4. The molecule has 6 nitrogen and oxygen atoms in total. The predicted molar refractivity (Wildman–Crippen MR) is 199 cm³/mol. The molecule has 7 heteroatoms. The molecule has 0 unspecified atom stereocenters. The Hall–Kier alpha value is -4.42. The second-order valence-corrected chi connectivity index (χ2v) is 13.1. The van der Waals surface area contributed by atoms with E-state index in [-0.39, 0.29) is 5.57 Å². The normalized spacial score (nSPS) is 15.8. The van der Waals surface area contributed by atoms with Crippen molar-refractivity contribution in [3.8, 4) is 0 Å². The number of benzene rings is 3. The van der Waals surface area contributed by atoms with E-state index >= 15 is 0 Å². The summed E-state index contributed by atoms with van der Waals surface area (Å²) in [6.45, 7) is 3.25. The van der Waals surface area contributed by atoms with Gasteiger partial charge in [0.1, 0.15) is 0 Å². The third kappa shape index (κ3) is 8.93. The lowest BCUT2D eigenvalue weighted by atomic mass is 9.89. The smallest absolute Gasteiger partial charge is 0.354 e. The van der Waals surface area contributed by atoms with Crippen LogP contribution in [0, 0.1) is 5.41 Å². The number of carboxylic acid groups (broad SMARTS) is 1. The zero-order valence-electron chi connectivity index (χ0n) is 27.9. The van der Waals surface area contributed by atoms with Crippen LogP contribution < -0.4 is 10.2 Å². The second-order valence-electron chi connectivity index (χ2n) is 12.7. The van der Waals surface area contributed by atoms with Gasteiger partial charge in [-0.2, -0.15) is 0 Å². The van der Waals surface area contributed by atoms with Gasteiger partial charge >= 0.3 is 5.97 Å². The number of aryl methyl sites for hydroxylation is 2. The number of fused-ring (bicyclic) bond motifs is 1. The van der Waals surface area contributed by atoms with Gasteiger partial charge in [-0.05, 0) is 109 Å². The van der Waals surface area contributed by atoms with Crippen molar-refractivity contribution in [3.63, 3.8) is 0 Å². The molecule has 3 N–H and O–H groups in total. The number of anilines is 3. The standard InChI is InChI=1S/C41H46ClN3O3/c1-2-3-4-5-6-8-13-29-20-24-34(25-21-29)45-27-12-15-32-28-30(22-26-36(32)45)19-23-31-14-11-18-35(38(31)42)37(39(43)41(47)48)40(46)44-33-16-9-7-10-17-33/h7,9-10,16-17,19-26,28,43H,2-6,8,11-15,18,27H2,1H3,(H,44,46)(H,47,48)/b23-19+,37-35-,43-39?. The minimum atomic E-state index is -1.47. The molecule has 1 aliphatic carbocycles. The zero-order valence-corrected chi connectivity index (χ0v) is 28.6.